The van der Waals surface area contributed by atoms with Crippen LogP contribution in [0.25, 0.3) is 0 Å². The minimum absolute atomic E-state index is 0.233. The summed E-state index contributed by atoms with van der Waals surface area (Å²) >= 11 is 0. The third-order valence-corrected chi connectivity index (χ3v) is 5.62. The van der Waals surface area contributed by atoms with E-state index in [1.807, 2.05) is 6.92 Å². The molecule has 1 unspecified atom stereocenters. The second-order valence-corrected chi connectivity index (χ2v) is 9.11. The highest BCUT2D eigenvalue weighted by Crippen LogP contribution is 2.57. The Morgan fingerprint density at radius 1 is 0.880 bits per heavy atom. The van der Waals surface area contributed by atoms with E-state index in [4.69, 9.17) is 9.79 Å². The molecule has 9 heteroatoms. The molecule has 3 N–H and O–H groups in total. The summed E-state index contributed by atoms with van der Waals surface area (Å²) in [7, 11) is -9.87. The third kappa shape index (κ3) is 14.3. The Balaban J connectivity index is 4.43. The second kappa shape index (κ2) is 11.2. The van der Waals surface area contributed by atoms with Crippen molar-refractivity contribution in [2.24, 2.45) is 0 Å². The van der Waals surface area contributed by atoms with Crippen LogP contribution in [-0.4, -0.2) is 21.3 Å². The van der Waals surface area contributed by atoms with Crippen molar-refractivity contribution in [3.63, 3.8) is 0 Å². The van der Waals surface area contributed by atoms with Gasteiger partial charge in [0.15, 0.2) is 0 Å². The Hall–Kier alpha value is -0.520. The van der Waals surface area contributed by atoms with Crippen LogP contribution in [0.4, 0.5) is 0 Å². The lowest BCUT2D eigenvalue weighted by Crippen LogP contribution is -1.99. The summed E-state index contributed by atoms with van der Waals surface area (Å²) < 4.78 is 30.3. The number of rotatable bonds is 11. The van der Waals surface area contributed by atoms with E-state index in [0.717, 1.165) is 36.8 Å². The lowest BCUT2D eigenvalue weighted by Gasteiger charge is -2.13. The van der Waals surface area contributed by atoms with Gasteiger partial charge in [-0.3, -0.25) is 4.52 Å². The standard InChI is InChI=1S/C16H30O7P2/c1-13(2)8-6-9-14(3)10-7-11-15(4)16(5)12-22-25(20,21)23-24(17,18)19/h8,10H,6-7,9,11-12H2,1-5H3,(H,20,21)(H2,17,18,19)/b14-10+,16-15+. The smallest absolute Gasteiger partial charge is 0.302 e. The molecule has 0 aromatic rings. The maximum atomic E-state index is 11.4. The molecule has 0 aromatic carbocycles. The molecule has 0 aliphatic heterocycles. The lowest BCUT2D eigenvalue weighted by atomic mass is 10.0. The molecule has 0 saturated heterocycles. The average Bonchev–Trinajstić information content (AvgIpc) is 2.41. The molecular formula is C16H30O7P2. The molecule has 7 nitrogen and oxygen atoms in total. The van der Waals surface area contributed by atoms with E-state index in [0.29, 0.717) is 0 Å². The molecular weight excluding hydrogens is 366 g/mol. The molecule has 0 spiro atoms. The van der Waals surface area contributed by atoms with Crippen LogP contribution >= 0.6 is 15.6 Å². The fourth-order valence-electron chi connectivity index (χ4n) is 1.90. The molecule has 0 fully saturated rings. The quantitative estimate of drug-likeness (QED) is 0.332. The maximum Gasteiger partial charge on any atom is 0.481 e. The highest BCUT2D eigenvalue weighted by molar-refractivity contribution is 7.60. The number of hydrogen-bond acceptors (Lipinski definition) is 4. The summed E-state index contributed by atoms with van der Waals surface area (Å²) in [6, 6.07) is 0. The topological polar surface area (TPSA) is 113 Å². The molecule has 0 aliphatic carbocycles. The number of phosphoric acid groups is 2. The molecule has 0 saturated carbocycles. The van der Waals surface area contributed by atoms with Crippen LogP contribution in [0.5, 0.6) is 0 Å². The van der Waals surface area contributed by atoms with Crippen molar-refractivity contribution in [1.29, 1.82) is 0 Å². The van der Waals surface area contributed by atoms with E-state index in [-0.39, 0.29) is 6.61 Å². The minimum Gasteiger partial charge on any atom is -0.302 e. The molecule has 0 bridgehead atoms. The monoisotopic (exact) mass is 396 g/mol. The first-order valence-electron chi connectivity index (χ1n) is 8.01. The molecule has 0 aromatic heterocycles. The van der Waals surface area contributed by atoms with Crippen LogP contribution < -0.4 is 0 Å². The Morgan fingerprint density at radius 3 is 1.96 bits per heavy atom. The average molecular weight is 396 g/mol. The zero-order valence-corrected chi connectivity index (χ0v) is 17.3. The maximum absolute atomic E-state index is 11.4. The summed E-state index contributed by atoms with van der Waals surface area (Å²) in [5, 5.41) is 0. The van der Waals surface area contributed by atoms with Gasteiger partial charge in [-0.25, -0.2) is 9.13 Å². The van der Waals surface area contributed by atoms with Crippen molar-refractivity contribution in [2.45, 2.75) is 60.3 Å². The van der Waals surface area contributed by atoms with E-state index in [9.17, 15) is 14.0 Å². The Bertz CT molecular complexity index is 610. The van der Waals surface area contributed by atoms with Crippen LogP contribution in [0.2, 0.25) is 0 Å². The largest absolute Gasteiger partial charge is 0.481 e. The van der Waals surface area contributed by atoms with Crippen LogP contribution in [0.3, 0.4) is 0 Å². The van der Waals surface area contributed by atoms with Gasteiger partial charge in [-0.15, -0.1) is 0 Å². The molecule has 25 heavy (non-hydrogen) atoms. The second-order valence-electron chi connectivity index (χ2n) is 6.28. The molecule has 0 amide bonds. The summed E-state index contributed by atoms with van der Waals surface area (Å²) in [6.45, 7) is 9.63. The zero-order valence-electron chi connectivity index (χ0n) is 15.6. The van der Waals surface area contributed by atoms with E-state index in [1.165, 1.54) is 11.1 Å². The summed E-state index contributed by atoms with van der Waals surface area (Å²) in [4.78, 5) is 26.3. The van der Waals surface area contributed by atoms with Gasteiger partial charge in [0.1, 0.15) is 0 Å². The van der Waals surface area contributed by atoms with E-state index in [1.54, 1.807) is 6.92 Å². The van der Waals surface area contributed by atoms with Gasteiger partial charge in [-0.1, -0.05) is 28.9 Å². The highest BCUT2D eigenvalue weighted by atomic mass is 31.3. The first kappa shape index (κ1) is 24.5. The fourth-order valence-corrected chi connectivity index (χ4v) is 3.52. The van der Waals surface area contributed by atoms with E-state index >= 15 is 0 Å². The number of phosphoric ester groups is 1. The Labute approximate surface area is 150 Å². The SMILES string of the molecule is CC(C)=CCC/C(C)=C/CC/C(C)=C(\C)COP(=O)(O)OP(=O)(O)O. The third-order valence-electron chi connectivity index (χ3n) is 3.49. The normalized spacial score (nSPS) is 16.2. The van der Waals surface area contributed by atoms with Gasteiger partial charge in [0.25, 0.3) is 0 Å². The van der Waals surface area contributed by atoms with Crippen molar-refractivity contribution in [1.82, 2.24) is 0 Å². The predicted octanol–water partition coefficient (Wildman–Crippen LogP) is 5.02. The lowest BCUT2D eigenvalue weighted by molar-refractivity contribution is 0.188. The van der Waals surface area contributed by atoms with Crippen molar-refractivity contribution in [2.75, 3.05) is 6.61 Å². The summed E-state index contributed by atoms with van der Waals surface area (Å²) in [5.41, 5.74) is 4.34. The Morgan fingerprint density at radius 2 is 1.44 bits per heavy atom. The van der Waals surface area contributed by atoms with Crippen molar-refractivity contribution in [3.05, 3.63) is 34.4 Å². The van der Waals surface area contributed by atoms with Crippen LogP contribution in [-0.2, 0) is 18.0 Å². The molecule has 146 valence electrons. The van der Waals surface area contributed by atoms with Gasteiger partial charge < -0.3 is 14.7 Å². The van der Waals surface area contributed by atoms with Gasteiger partial charge in [-0.05, 0) is 65.9 Å². The van der Waals surface area contributed by atoms with Crippen molar-refractivity contribution >= 4 is 15.6 Å². The molecule has 1 atom stereocenters. The first-order chi connectivity index (χ1) is 11.3. The minimum atomic E-state index is -5.08. The molecule has 0 radical (unpaired) electrons. The molecule has 0 heterocycles. The van der Waals surface area contributed by atoms with Gasteiger partial charge in [0, 0.05) is 0 Å². The van der Waals surface area contributed by atoms with Gasteiger partial charge in [0.2, 0.25) is 0 Å². The molecule has 0 rings (SSSR count). The van der Waals surface area contributed by atoms with Crippen molar-refractivity contribution < 1.29 is 32.6 Å². The number of hydrogen-bond donors (Lipinski definition) is 3. The van der Waals surface area contributed by atoms with Gasteiger partial charge in [-0.2, -0.15) is 4.31 Å². The fraction of sp³-hybridized carbons (Fsp3) is 0.625. The van der Waals surface area contributed by atoms with Gasteiger partial charge in [0.05, 0.1) is 6.61 Å². The van der Waals surface area contributed by atoms with Gasteiger partial charge >= 0.3 is 15.6 Å². The summed E-state index contributed by atoms with van der Waals surface area (Å²) in [6.07, 6.45) is 8.03. The zero-order chi connectivity index (χ0) is 19.7. The van der Waals surface area contributed by atoms with Crippen molar-refractivity contribution in [3.8, 4) is 0 Å². The van der Waals surface area contributed by atoms with E-state index < -0.39 is 15.6 Å². The first-order valence-corrected chi connectivity index (χ1v) is 11.0. The van der Waals surface area contributed by atoms with E-state index in [2.05, 4.69) is 41.8 Å². The number of allylic oxidation sites excluding steroid dienone is 5. The van der Waals surface area contributed by atoms with Crippen LogP contribution in [0, 0.1) is 0 Å². The molecule has 0 aliphatic rings. The predicted molar refractivity (Wildman–Crippen MR) is 98.9 cm³/mol. The van der Waals surface area contributed by atoms with Crippen LogP contribution in [0.15, 0.2) is 34.4 Å². The Kier molecular flexibility index (Phi) is 11.0. The highest BCUT2D eigenvalue weighted by Gasteiger charge is 2.32. The van der Waals surface area contributed by atoms with Crippen LogP contribution in [0.1, 0.15) is 60.3 Å². The summed E-state index contributed by atoms with van der Waals surface area (Å²) in [5.74, 6) is 0.